The molecule has 1 aliphatic heterocycles. The van der Waals surface area contributed by atoms with Crippen molar-refractivity contribution in [3.8, 4) is 62.4 Å². The molecular formula is C60H74N3O2Pt-. The molecule has 0 bridgehead atoms. The summed E-state index contributed by atoms with van der Waals surface area (Å²) < 4.78 is 9.74. The van der Waals surface area contributed by atoms with Gasteiger partial charge in [-0.1, -0.05) is 157 Å². The zero-order valence-corrected chi connectivity index (χ0v) is 45.2. The average Bonchev–Trinajstić information content (AvgIpc) is 3.57. The Balaban J connectivity index is 0.00000648. The first kappa shape index (κ1) is 49.4. The molecule has 3 heterocycles. The van der Waals surface area contributed by atoms with E-state index in [0.29, 0.717) is 28.7 Å². The molecule has 2 aliphatic rings. The van der Waals surface area contributed by atoms with Gasteiger partial charge in [-0.3, -0.25) is 0 Å². The monoisotopic (exact) mass is 1060 g/mol. The molecule has 0 radical (unpaired) electrons. The van der Waals surface area contributed by atoms with Gasteiger partial charge in [-0.15, -0.1) is 17.2 Å². The zero-order valence-electron chi connectivity index (χ0n) is 42.9. The summed E-state index contributed by atoms with van der Waals surface area (Å²) in [6.07, 6.45) is 6.77. The Morgan fingerprint density at radius 1 is 0.712 bits per heavy atom. The molecule has 1 N–H and O–H groups in total. The van der Waals surface area contributed by atoms with Crippen LogP contribution in [0.15, 0.2) is 79.0 Å². The molecule has 1 aliphatic carbocycles. The first-order valence-corrected chi connectivity index (χ1v) is 24.0. The van der Waals surface area contributed by atoms with Crippen molar-refractivity contribution >= 4 is 0 Å². The van der Waals surface area contributed by atoms with Crippen molar-refractivity contribution in [2.45, 2.75) is 177 Å². The number of ether oxygens (including phenoxy) is 1. The van der Waals surface area contributed by atoms with E-state index in [1.54, 1.807) is 0 Å². The van der Waals surface area contributed by atoms with Crippen molar-refractivity contribution in [2.75, 3.05) is 0 Å². The predicted molar refractivity (Wildman–Crippen MR) is 272 cm³/mol. The number of hydrogen-bond acceptors (Lipinski definition) is 4. The number of aromatic nitrogens is 3. The van der Waals surface area contributed by atoms with E-state index in [1.807, 2.05) is 12.3 Å². The summed E-state index contributed by atoms with van der Waals surface area (Å²) in [5.74, 6) is 2.65. The number of fused-ring (bicyclic) bond motifs is 3. The van der Waals surface area contributed by atoms with Gasteiger partial charge < -0.3 is 19.4 Å². The van der Waals surface area contributed by atoms with Crippen molar-refractivity contribution in [2.24, 2.45) is 5.41 Å². The van der Waals surface area contributed by atoms with Crippen molar-refractivity contribution in [3.05, 3.63) is 124 Å². The Kier molecular flexibility index (Phi) is 12.7. The number of phenolic OH excluding ortho intramolecular Hbond substituents is 1. The van der Waals surface area contributed by atoms with E-state index in [1.165, 1.54) is 47.9 Å². The van der Waals surface area contributed by atoms with E-state index >= 15 is 0 Å². The Bertz CT molecular complexity index is 2770. The number of phenols is 1. The van der Waals surface area contributed by atoms with Crippen LogP contribution in [0.2, 0.25) is 0 Å². The van der Waals surface area contributed by atoms with Crippen LogP contribution in [0.1, 0.15) is 174 Å². The van der Waals surface area contributed by atoms with Crippen LogP contribution in [0, 0.1) is 25.3 Å². The third-order valence-corrected chi connectivity index (χ3v) is 15.4. The van der Waals surface area contributed by atoms with Crippen molar-refractivity contribution in [1.29, 1.82) is 0 Å². The maximum atomic E-state index is 12.8. The molecule has 6 aromatic rings. The maximum absolute atomic E-state index is 12.8. The molecule has 4 aromatic carbocycles. The molecule has 0 saturated heterocycles. The molecule has 5 nitrogen and oxygen atoms in total. The van der Waals surface area contributed by atoms with Crippen molar-refractivity contribution in [1.82, 2.24) is 14.5 Å². The summed E-state index contributed by atoms with van der Waals surface area (Å²) in [4.78, 5) is 10.5. The van der Waals surface area contributed by atoms with Gasteiger partial charge in [-0.2, -0.15) is 4.98 Å². The van der Waals surface area contributed by atoms with Crippen molar-refractivity contribution < 1.29 is 30.9 Å². The van der Waals surface area contributed by atoms with E-state index in [2.05, 4.69) is 195 Å². The summed E-state index contributed by atoms with van der Waals surface area (Å²) >= 11 is 0. The number of benzene rings is 4. The van der Waals surface area contributed by atoms with Gasteiger partial charge in [0.2, 0.25) is 5.88 Å². The van der Waals surface area contributed by atoms with E-state index < -0.39 is 11.0 Å². The Hall–Kier alpha value is -4.47. The number of aromatic hydroxyl groups is 1. The minimum Gasteiger partial charge on any atom is -0.507 e. The topological polar surface area (TPSA) is 60.2 Å². The number of hydrogen-bond donors (Lipinski definition) is 1. The number of aryl methyl sites for hydroxylation is 2. The van der Waals surface area contributed by atoms with Crippen LogP contribution in [0.3, 0.4) is 0 Å². The number of nitrogens with zero attached hydrogens (tertiary/aromatic N) is 3. The maximum Gasteiger partial charge on any atom is 0.244 e. The fraction of sp³-hybridized carbons (Fsp3) is 0.467. The van der Waals surface area contributed by atoms with Crippen LogP contribution in [0.4, 0.5) is 0 Å². The molecular weight excluding hydrogens is 990 g/mol. The van der Waals surface area contributed by atoms with Gasteiger partial charge in [0.1, 0.15) is 17.3 Å². The minimum atomic E-state index is -0.522. The van der Waals surface area contributed by atoms with Gasteiger partial charge in [0.05, 0.1) is 11.1 Å². The molecule has 0 unspecified atom stereocenters. The Morgan fingerprint density at radius 2 is 1.32 bits per heavy atom. The van der Waals surface area contributed by atoms with Crippen LogP contribution in [0.5, 0.6) is 17.4 Å². The average molecular weight is 1060 g/mol. The summed E-state index contributed by atoms with van der Waals surface area (Å²) in [6, 6.07) is 29.8. The molecule has 0 amide bonds. The molecule has 0 atom stereocenters. The van der Waals surface area contributed by atoms with Gasteiger partial charge in [0.25, 0.3) is 0 Å². The fourth-order valence-electron chi connectivity index (χ4n) is 10.7. The van der Waals surface area contributed by atoms with Crippen LogP contribution in [-0.4, -0.2) is 19.6 Å². The quantitative estimate of drug-likeness (QED) is 0.169. The van der Waals surface area contributed by atoms with Crippen molar-refractivity contribution in [3.63, 3.8) is 0 Å². The molecule has 8 rings (SSSR count). The molecule has 1 fully saturated rings. The van der Waals surface area contributed by atoms with Crippen LogP contribution in [0.25, 0.3) is 45.0 Å². The van der Waals surface area contributed by atoms with Gasteiger partial charge >= 0.3 is 0 Å². The number of rotatable bonds is 6. The first-order chi connectivity index (χ1) is 30.1. The number of imidazole rings is 1. The third-order valence-electron chi connectivity index (χ3n) is 15.4. The van der Waals surface area contributed by atoms with Crippen LogP contribution >= 0.6 is 0 Å². The second-order valence-corrected chi connectivity index (χ2v) is 24.4. The summed E-state index contributed by atoms with van der Waals surface area (Å²) in [5, 5.41) is 12.8. The second kappa shape index (κ2) is 16.9. The second-order valence-electron chi connectivity index (χ2n) is 24.4. The molecule has 66 heavy (non-hydrogen) atoms. The normalized spacial score (nSPS) is 16.9. The Morgan fingerprint density at radius 3 is 1.89 bits per heavy atom. The van der Waals surface area contributed by atoms with Crippen LogP contribution in [-0.2, 0) is 48.3 Å². The summed E-state index contributed by atoms with van der Waals surface area (Å²) in [6.45, 7) is 38.9. The standard InChI is InChI=1S/C60H74N3O2.Pt/c1-36-29-41(39-23-26-58(12,13)27-24-39)30-37(2)48(36)51-54(65-44-32-42(31-43(34-44)55(3,4)5)47-33-40(25-28-61-47)38-21-19-18-20-22-38)62-53-49-50(59(14,15)60(16,17)63(51)53)45(56(6,7)8)35-46(52(49)64)57(9,10)11;/h18-22,25,28-31,33-35,39,64H,23-24,26-27H2,1-17H3;/q-1;. The van der Waals surface area contributed by atoms with Gasteiger partial charge in [0, 0.05) is 49.6 Å². The third kappa shape index (κ3) is 8.77. The molecule has 2 aromatic heterocycles. The molecule has 0 spiro atoms. The first-order valence-electron chi connectivity index (χ1n) is 24.0. The van der Waals surface area contributed by atoms with E-state index in [0.717, 1.165) is 61.7 Å². The largest absolute Gasteiger partial charge is 0.507 e. The van der Waals surface area contributed by atoms with Gasteiger partial charge in [-0.05, 0) is 132 Å². The number of pyridine rings is 1. The minimum absolute atomic E-state index is 0. The van der Waals surface area contributed by atoms with Crippen LogP contribution < -0.4 is 4.74 Å². The van der Waals surface area contributed by atoms with Gasteiger partial charge in [-0.25, -0.2) is 0 Å². The summed E-state index contributed by atoms with van der Waals surface area (Å²) in [5.41, 5.74) is 13.7. The fourth-order valence-corrected chi connectivity index (χ4v) is 10.7. The smallest absolute Gasteiger partial charge is 0.244 e. The van der Waals surface area contributed by atoms with E-state index in [9.17, 15) is 5.11 Å². The van der Waals surface area contributed by atoms with E-state index in [-0.39, 0.29) is 37.3 Å². The zero-order chi connectivity index (χ0) is 47.4. The molecule has 352 valence electrons. The Labute approximate surface area is 411 Å². The molecule has 1 saturated carbocycles. The predicted octanol–water partition coefficient (Wildman–Crippen LogP) is 16.5. The van der Waals surface area contributed by atoms with E-state index in [4.69, 9.17) is 14.7 Å². The SMILES string of the molecule is Cc1cc(C2CCC(C)(C)CC2)cc(C)c1-c1c(Oc2[c-]c(-c3cc(-c4ccccc4)ccn3)cc(C(C)(C)C)c2)nc2n1C(C)(C)C(C)(C)c1c(C(C)(C)C)cc(C(C)(C)C)c(O)c1-2.[Pt]. The summed E-state index contributed by atoms with van der Waals surface area (Å²) in [7, 11) is 0. The molecule has 6 heteroatoms. The van der Waals surface area contributed by atoms with Gasteiger partial charge in [0.15, 0.2) is 0 Å².